The van der Waals surface area contributed by atoms with Gasteiger partial charge in [-0.3, -0.25) is 0 Å². The van der Waals surface area contributed by atoms with Crippen molar-refractivity contribution in [2.45, 2.75) is 13.3 Å². The summed E-state index contributed by atoms with van der Waals surface area (Å²) in [4.78, 5) is 11.2. The van der Waals surface area contributed by atoms with Crippen LogP contribution in [0.25, 0.3) is 16.5 Å². The van der Waals surface area contributed by atoms with Crippen LogP contribution in [0, 0.1) is 0 Å². The van der Waals surface area contributed by atoms with Gasteiger partial charge in [0.1, 0.15) is 0 Å². The lowest BCUT2D eigenvalue weighted by molar-refractivity contribution is 0.0689. The largest absolute Gasteiger partial charge is 0.476 e. The topological polar surface area (TPSA) is 68.0 Å². The maximum absolute atomic E-state index is 11.2. The minimum absolute atomic E-state index is 0.00778. The number of rotatable bonds is 3. The molecule has 0 aliphatic carbocycles. The second-order valence-corrected chi connectivity index (χ2v) is 5.55. The normalized spacial score (nSPS) is 11.0. The molecular formula is C15H12BrN3O2. The number of benzene rings is 2. The van der Waals surface area contributed by atoms with Crippen LogP contribution in [-0.4, -0.2) is 26.1 Å². The Morgan fingerprint density at radius 1 is 1.24 bits per heavy atom. The Balaban J connectivity index is 2.16. The van der Waals surface area contributed by atoms with E-state index in [1.165, 1.54) is 0 Å². The predicted molar refractivity (Wildman–Crippen MR) is 82.9 cm³/mol. The molecule has 0 amide bonds. The maximum atomic E-state index is 11.2. The molecule has 6 heteroatoms. The van der Waals surface area contributed by atoms with Crippen molar-refractivity contribution in [3.05, 3.63) is 52.3 Å². The number of carbonyl (C=O) groups is 1. The third-order valence-corrected chi connectivity index (χ3v) is 3.82. The van der Waals surface area contributed by atoms with Crippen molar-refractivity contribution in [2.75, 3.05) is 0 Å². The number of nitrogens with zero attached hydrogens (tertiary/aromatic N) is 3. The van der Waals surface area contributed by atoms with Crippen molar-refractivity contribution in [1.82, 2.24) is 15.0 Å². The number of carboxylic acids is 1. The molecule has 0 spiro atoms. The standard InChI is InChI=1S/C15H12BrN3O2/c1-2-13-14(15(20)21)17-18-19(13)12-6-4-9-7-11(16)5-3-10(9)8-12/h3-8H,2H2,1H3,(H,20,21). The highest BCUT2D eigenvalue weighted by Gasteiger charge is 2.18. The van der Waals surface area contributed by atoms with Crippen LogP contribution in [-0.2, 0) is 6.42 Å². The lowest BCUT2D eigenvalue weighted by atomic mass is 10.1. The van der Waals surface area contributed by atoms with Crippen LogP contribution in [0.2, 0.25) is 0 Å². The monoisotopic (exact) mass is 345 g/mol. The van der Waals surface area contributed by atoms with E-state index in [9.17, 15) is 4.79 Å². The highest BCUT2D eigenvalue weighted by molar-refractivity contribution is 9.10. The van der Waals surface area contributed by atoms with Crippen molar-refractivity contribution in [3.63, 3.8) is 0 Å². The highest BCUT2D eigenvalue weighted by Crippen LogP contribution is 2.23. The Kier molecular flexibility index (Phi) is 3.47. The second-order valence-electron chi connectivity index (χ2n) is 4.63. The van der Waals surface area contributed by atoms with Crippen LogP contribution in [0.15, 0.2) is 40.9 Å². The Hall–Kier alpha value is -2.21. The fraction of sp³-hybridized carbons (Fsp3) is 0.133. The van der Waals surface area contributed by atoms with Gasteiger partial charge in [0.15, 0.2) is 5.69 Å². The van der Waals surface area contributed by atoms with Crippen molar-refractivity contribution in [3.8, 4) is 5.69 Å². The van der Waals surface area contributed by atoms with Gasteiger partial charge in [0.25, 0.3) is 0 Å². The van der Waals surface area contributed by atoms with E-state index >= 15 is 0 Å². The highest BCUT2D eigenvalue weighted by atomic mass is 79.9. The summed E-state index contributed by atoms with van der Waals surface area (Å²) in [5.41, 5.74) is 1.41. The maximum Gasteiger partial charge on any atom is 0.358 e. The van der Waals surface area contributed by atoms with Crippen molar-refractivity contribution in [1.29, 1.82) is 0 Å². The SMILES string of the molecule is CCc1c(C(=O)O)nnn1-c1ccc2cc(Br)ccc2c1. The molecule has 0 fully saturated rings. The summed E-state index contributed by atoms with van der Waals surface area (Å²) in [5.74, 6) is -1.05. The number of halogens is 1. The van der Waals surface area contributed by atoms with E-state index in [4.69, 9.17) is 5.11 Å². The number of aromatic nitrogens is 3. The van der Waals surface area contributed by atoms with Crippen LogP contribution in [0.5, 0.6) is 0 Å². The summed E-state index contributed by atoms with van der Waals surface area (Å²) in [5, 5.41) is 19.0. The first-order chi connectivity index (χ1) is 10.1. The molecule has 3 rings (SSSR count). The Morgan fingerprint density at radius 3 is 2.67 bits per heavy atom. The molecule has 1 N–H and O–H groups in total. The van der Waals surface area contributed by atoms with E-state index < -0.39 is 5.97 Å². The molecule has 0 bridgehead atoms. The molecule has 0 saturated carbocycles. The van der Waals surface area contributed by atoms with Gasteiger partial charge < -0.3 is 5.11 Å². The van der Waals surface area contributed by atoms with Gasteiger partial charge in [-0.25, -0.2) is 9.48 Å². The molecule has 0 aliphatic rings. The molecule has 0 saturated heterocycles. The van der Waals surface area contributed by atoms with Crippen LogP contribution < -0.4 is 0 Å². The number of carboxylic acid groups (broad SMARTS) is 1. The molecule has 2 aromatic carbocycles. The molecule has 3 aromatic rings. The number of fused-ring (bicyclic) bond motifs is 1. The molecular weight excluding hydrogens is 334 g/mol. The summed E-state index contributed by atoms with van der Waals surface area (Å²) in [7, 11) is 0. The van der Waals surface area contributed by atoms with Gasteiger partial charge in [-0.2, -0.15) is 0 Å². The van der Waals surface area contributed by atoms with Crippen molar-refractivity contribution < 1.29 is 9.90 Å². The summed E-state index contributed by atoms with van der Waals surface area (Å²) < 4.78 is 2.61. The molecule has 0 aliphatic heterocycles. The summed E-state index contributed by atoms with van der Waals surface area (Å²) in [6.07, 6.45) is 0.549. The van der Waals surface area contributed by atoms with Crippen LogP contribution in [0.3, 0.4) is 0 Å². The molecule has 1 heterocycles. The zero-order chi connectivity index (χ0) is 15.0. The Labute approximate surface area is 129 Å². The zero-order valence-corrected chi connectivity index (χ0v) is 12.8. The quantitative estimate of drug-likeness (QED) is 0.789. The van der Waals surface area contributed by atoms with Gasteiger partial charge in [0.05, 0.1) is 11.4 Å². The van der Waals surface area contributed by atoms with E-state index in [1.54, 1.807) is 4.68 Å². The Morgan fingerprint density at radius 2 is 1.95 bits per heavy atom. The molecule has 0 atom stereocenters. The number of hydrogen-bond acceptors (Lipinski definition) is 3. The molecule has 0 unspecified atom stereocenters. The minimum atomic E-state index is -1.05. The lowest BCUT2D eigenvalue weighted by Gasteiger charge is -2.07. The molecule has 5 nitrogen and oxygen atoms in total. The lowest BCUT2D eigenvalue weighted by Crippen LogP contribution is -2.05. The first-order valence-corrected chi connectivity index (χ1v) is 7.27. The fourth-order valence-corrected chi connectivity index (χ4v) is 2.71. The van der Waals surface area contributed by atoms with E-state index in [-0.39, 0.29) is 5.69 Å². The zero-order valence-electron chi connectivity index (χ0n) is 11.2. The second kappa shape index (κ2) is 5.29. The fourth-order valence-electron chi connectivity index (χ4n) is 2.33. The number of hydrogen-bond donors (Lipinski definition) is 1. The first kappa shape index (κ1) is 13.8. The van der Waals surface area contributed by atoms with E-state index in [0.29, 0.717) is 12.1 Å². The third-order valence-electron chi connectivity index (χ3n) is 3.33. The van der Waals surface area contributed by atoms with Crippen molar-refractivity contribution >= 4 is 32.7 Å². The third kappa shape index (κ3) is 2.42. The first-order valence-electron chi connectivity index (χ1n) is 6.47. The average Bonchev–Trinajstić information content (AvgIpc) is 2.90. The predicted octanol–water partition coefficient (Wildman–Crippen LogP) is 3.44. The molecule has 1 aromatic heterocycles. The molecule has 106 valence electrons. The summed E-state index contributed by atoms with van der Waals surface area (Å²) >= 11 is 3.45. The van der Waals surface area contributed by atoms with E-state index in [0.717, 1.165) is 20.9 Å². The van der Waals surface area contributed by atoms with Crippen molar-refractivity contribution in [2.24, 2.45) is 0 Å². The molecule has 21 heavy (non-hydrogen) atoms. The van der Waals surface area contributed by atoms with E-state index in [2.05, 4.69) is 26.2 Å². The number of aromatic carboxylic acids is 1. The van der Waals surface area contributed by atoms with Gasteiger partial charge >= 0.3 is 5.97 Å². The van der Waals surface area contributed by atoms with Gasteiger partial charge in [-0.1, -0.05) is 40.2 Å². The summed E-state index contributed by atoms with van der Waals surface area (Å²) in [6, 6.07) is 11.9. The molecule has 0 radical (unpaired) electrons. The van der Waals surface area contributed by atoms with Crippen LogP contribution in [0.4, 0.5) is 0 Å². The van der Waals surface area contributed by atoms with Gasteiger partial charge in [-0.05, 0) is 41.5 Å². The average molecular weight is 346 g/mol. The van der Waals surface area contributed by atoms with E-state index in [1.807, 2.05) is 43.3 Å². The van der Waals surface area contributed by atoms with Gasteiger partial charge in [-0.15, -0.1) is 5.10 Å². The van der Waals surface area contributed by atoms with Gasteiger partial charge in [0, 0.05) is 4.47 Å². The minimum Gasteiger partial charge on any atom is -0.476 e. The van der Waals surface area contributed by atoms with Gasteiger partial charge in [0.2, 0.25) is 0 Å². The summed E-state index contributed by atoms with van der Waals surface area (Å²) in [6.45, 7) is 1.89. The van der Waals surface area contributed by atoms with Crippen LogP contribution in [0.1, 0.15) is 23.1 Å². The Bertz CT molecular complexity index is 842. The van der Waals surface area contributed by atoms with Crippen LogP contribution >= 0.6 is 15.9 Å². The smallest absolute Gasteiger partial charge is 0.358 e.